The minimum absolute atomic E-state index is 0.0982. The molecular formula is C18H21FN2O. The first-order valence-electron chi connectivity index (χ1n) is 7.35. The first-order chi connectivity index (χ1) is 10.6. The van der Waals surface area contributed by atoms with Crippen LogP contribution < -0.4 is 10.2 Å². The zero-order valence-electron chi connectivity index (χ0n) is 12.9. The first kappa shape index (κ1) is 16.0. The number of carbonyl (C=O) groups excluding carboxylic acids is 1. The summed E-state index contributed by atoms with van der Waals surface area (Å²) in [6.45, 7) is 2.59. The molecule has 0 unspecified atom stereocenters. The number of benzene rings is 2. The average Bonchev–Trinajstić information content (AvgIpc) is 2.52. The fraction of sp³-hybridized carbons (Fsp3) is 0.278. The number of rotatable bonds is 6. The molecule has 0 saturated carbocycles. The molecule has 0 aliphatic heterocycles. The second-order valence-corrected chi connectivity index (χ2v) is 5.41. The Kier molecular flexibility index (Phi) is 5.53. The molecule has 2 rings (SSSR count). The van der Waals surface area contributed by atoms with Crippen LogP contribution in [0.1, 0.15) is 12.5 Å². The second kappa shape index (κ2) is 7.59. The molecule has 3 nitrogen and oxygen atoms in total. The van der Waals surface area contributed by atoms with Gasteiger partial charge < -0.3 is 10.2 Å². The number of hydrogen-bond acceptors (Lipinski definition) is 2. The number of anilines is 1. The van der Waals surface area contributed by atoms with E-state index in [1.165, 1.54) is 12.1 Å². The third-order valence-electron chi connectivity index (χ3n) is 3.67. The molecule has 1 N–H and O–H groups in total. The van der Waals surface area contributed by atoms with Gasteiger partial charge in [0.1, 0.15) is 5.82 Å². The summed E-state index contributed by atoms with van der Waals surface area (Å²) < 4.78 is 13.1. The van der Waals surface area contributed by atoms with Crippen LogP contribution >= 0.6 is 0 Å². The standard InChI is InChI=1S/C18H21FN2O/c1-14(21(2)17-9-4-3-5-10-17)13-20-18(22)12-15-7-6-8-16(19)11-15/h3-11,14H,12-13H2,1-2H3,(H,20,22)/t14-/m1/s1. The Morgan fingerprint density at radius 3 is 2.59 bits per heavy atom. The van der Waals surface area contributed by atoms with Gasteiger partial charge in [-0.25, -0.2) is 4.39 Å². The lowest BCUT2D eigenvalue weighted by molar-refractivity contribution is -0.120. The summed E-state index contributed by atoms with van der Waals surface area (Å²) in [5.41, 5.74) is 1.79. The van der Waals surface area contributed by atoms with Crippen molar-refractivity contribution in [2.75, 3.05) is 18.5 Å². The number of para-hydroxylation sites is 1. The van der Waals surface area contributed by atoms with Gasteiger partial charge in [0.2, 0.25) is 5.91 Å². The van der Waals surface area contributed by atoms with Gasteiger partial charge in [-0.3, -0.25) is 4.79 Å². The second-order valence-electron chi connectivity index (χ2n) is 5.41. The maximum Gasteiger partial charge on any atom is 0.224 e. The minimum Gasteiger partial charge on any atom is -0.370 e. The summed E-state index contributed by atoms with van der Waals surface area (Å²) >= 11 is 0. The zero-order valence-corrected chi connectivity index (χ0v) is 12.9. The van der Waals surface area contributed by atoms with Gasteiger partial charge in [0.05, 0.1) is 6.42 Å². The van der Waals surface area contributed by atoms with Crippen LogP contribution in [0.3, 0.4) is 0 Å². The normalized spacial score (nSPS) is 11.8. The van der Waals surface area contributed by atoms with Gasteiger partial charge in [-0.2, -0.15) is 0 Å². The Morgan fingerprint density at radius 1 is 1.18 bits per heavy atom. The molecule has 1 amide bonds. The molecule has 4 heteroatoms. The van der Waals surface area contributed by atoms with Crippen molar-refractivity contribution in [2.24, 2.45) is 0 Å². The quantitative estimate of drug-likeness (QED) is 0.889. The Bertz CT molecular complexity index is 615. The topological polar surface area (TPSA) is 32.3 Å². The fourth-order valence-electron chi connectivity index (χ4n) is 2.21. The molecule has 2 aromatic rings. The summed E-state index contributed by atoms with van der Waals surface area (Å²) in [6.07, 6.45) is 0.194. The van der Waals surface area contributed by atoms with Crippen LogP contribution in [0.25, 0.3) is 0 Å². The molecule has 0 heterocycles. The van der Waals surface area contributed by atoms with Crippen LogP contribution in [0.4, 0.5) is 10.1 Å². The van der Waals surface area contributed by atoms with Gasteiger partial charge in [-0.05, 0) is 36.8 Å². The minimum atomic E-state index is -0.317. The van der Waals surface area contributed by atoms with Gasteiger partial charge >= 0.3 is 0 Å². The molecule has 0 aliphatic carbocycles. The number of halogens is 1. The number of carbonyl (C=O) groups is 1. The summed E-state index contributed by atoms with van der Waals surface area (Å²) in [4.78, 5) is 14.0. The fourth-order valence-corrected chi connectivity index (χ4v) is 2.21. The third kappa shape index (κ3) is 4.58. The highest BCUT2D eigenvalue weighted by atomic mass is 19.1. The van der Waals surface area contributed by atoms with E-state index < -0.39 is 0 Å². The monoisotopic (exact) mass is 300 g/mol. The van der Waals surface area contributed by atoms with Crippen LogP contribution in [0.5, 0.6) is 0 Å². The SMILES string of the molecule is C[C@H](CNC(=O)Cc1cccc(F)c1)N(C)c1ccccc1. The van der Waals surface area contributed by atoms with Crippen molar-refractivity contribution in [2.45, 2.75) is 19.4 Å². The smallest absolute Gasteiger partial charge is 0.224 e. The largest absolute Gasteiger partial charge is 0.370 e. The summed E-state index contributed by atoms with van der Waals surface area (Å²) in [5.74, 6) is -0.415. The summed E-state index contributed by atoms with van der Waals surface area (Å²) in [7, 11) is 2.00. The van der Waals surface area contributed by atoms with E-state index in [1.807, 2.05) is 37.4 Å². The highest BCUT2D eigenvalue weighted by molar-refractivity contribution is 5.78. The third-order valence-corrected chi connectivity index (χ3v) is 3.67. The van der Waals surface area contributed by atoms with E-state index in [2.05, 4.69) is 17.1 Å². The number of nitrogens with one attached hydrogen (secondary N) is 1. The predicted molar refractivity (Wildman–Crippen MR) is 87.4 cm³/mol. The van der Waals surface area contributed by atoms with Crippen molar-refractivity contribution >= 4 is 11.6 Å². The number of nitrogens with zero attached hydrogens (tertiary/aromatic N) is 1. The van der Waals surface area contributed by atoms with E-state index in [0.29, 0.717) is 12.1 Å². The molecular weight excluding hydrogens is 279 g/mol. The molecule has 2 aromatic carbocycles. The van der Waals surface area contributed by atoms with Gasteiger partial charge in [0, 0.05) is 25.3 Å². The first-order valence-corrected chi connectivity index (χ1v) is 7.35. The lowest BCUT2D eigenvalue weighted by atomic mass is 10.1. The number of amides is 1. The lowest BCUT2D eigenvalue weighted by Gasteiger charge is -2.27. The summed E-state index contributed by atoms with van der Waals surface area (Å²) in [6, 6.07) is 16.3. The van der Waals surface area contributed by atoms with E-state index in [1.54, 1.807) is 12.1 Å². The molecule has 22 heavy (non-hydrogen) atoms. The number of hydrogen-bond donors (Lipinski definition) is 1. The Balaban J connectivity index is 1.83. The van der Waals surface area contributed by atoms with Crippen molar-refractivity contribution < 1.29 is 9.18 Å². The van der Waals surface area contributed by atoms with Gasteiger partial charge in [0.25, 0.3) is 0 Å². The maximum atomic E-state index is 13.1. The Morgan fingerprint density at radius 2 is 1.91 bits per heavy atom. The van der Waals surface area contributed by atoms with Gasteiger partial charge in [-0.1, -0.05) is 30.3 Å². The number of likely N-dealkylation sites (N-methyl/N-ethyl adjacent to an activating group) is 1. The van der Waals surface area contributed by atoms with Crippen LogP contribution in [0.2, 0.25) is 0 Å². The van der Waals surface area contributed by atoms with E-state index in [-0.39, 0.29) is 24.2 Å². The van der Waals surface area contributed by atoms with Crippen LogP contribution in [0, 0.1) is 5.82 Å². The Hall–Kier alpha value is -2.36. The van der Waals surface area contributed by atoms with Crippen molar-refractivity contribution in [3.05, 3.63) is 66.0 Å². The van der Waals surface area contributed by atoms with Crippen LogP contribution in [-0.4, -0.2) is 25.5 Å². The molecule has 0 fully saturated rings. The van der Waals surface area contributed by atoms with Crippen LogP contribution in [0.15, 0.2) is 54.6 Å². The van der Waals surface area contributed by atoms with Gasteiger partial charge in [0.15, 0.2) is 0 Å². The molecule has 0 radical (unpaired) electrons. The molecule has 0 bridgehead atoms. The van der Waals surface area contributed by atoms with E-state index >= 15 is 0 Å². The van der Waals surface area contributed by atoms with E-state index in [0.717, 1.165) is 5.69 Å². The van der Waals surface area contributed by atoms with Crippen molar-refractivity contribution in [1.82, 2.24) is 5.32 Å². The van der Waals surface area contributed by atoms with Crippen molar-refractivity contribution in [3.63, 3.8) is 0 Å². The van der Waals surface area contributed by atoms with Crippen LogP contribution in [-0.2, 0) is 11.2 Å². The Labute approximate surface area is 130 Å². The molecule has 0 spiro atoms. The molecule has 116 valence electrons. The highest BCUT2D eigenvalue weighted by Gasteiger charge is 2.11. The molecule has 0 aromatic heterocycles. The van der Waals surface area contributed by atoms with E-state index in [4.69, 9.17) is 0 Å². The average molecular weight is 300 g/mol. The van der Waals surface area contributed by atoms with E-state index in [9.17, 15) is 9.18 Å². The summed E-state index contributed by atoms with van der Waals surface area (Å²) in [5, 5.41) is 2.90. The molecule has 0 saturated heterocycles. The predicted octanol–water partition coefficient (Wildman–Crippen LogP) is 3.01. The van der Waals surface area contributed by atoms with Crippen molar-refractivity contribution in [1.29, 1.82) is 0 Å². The molecule has 0 aliphatic rings. The zero-order chi connectivity index (χ0) is 15.9. The van der Waals surface area contributed by atoms with Gasteiger partial charge in [-0.15, -0.1) is 0 Å². The lowest BCUT2D eigenvalue weighted by Crippen LogP contribution is -2.40. The molecule has 1 atom stereocenters. The maximum absolute atomic E-state index is 13.1. The van der Waals surface area contributed by atoms with Crippen molar-refractivity contribution in [3.8, 4) is 0 Å². The highest BCUT2D eigenvalue weighted by Crippen LogP contribution is 2.13.